The third kappa shape index (κ3) is 7.03. The highest BCUT2D eigenvalue weighted by Crippen LogP contribution is 2.25. The summed E-state index contributed by atoms with van der Waals surface area (Å²) in [6, 6.07) is 4.91. The van der Waals surface area contributed by atoms with E-state index in [0.717, 1.165) is 6.08 Å². The van der Waals surface area contributed by atoms with Crippen LogP contribution in [0.25, 0.3) is 6.08 Å². The largest absolute Gasteiger partial charge is 0.497 e. The van der Waals surface area contributed by atoms with Gasteiger partial charge in [-0.2, -0.15) is 13.2 Å². The van der Waals surface area contributed by atoms with E-state index >= 15 is 0 Å². The topological polar surface area (TPSA) is 73.9 Å². The number of alkyl halides is 3. The molecular formula is C15H16F3NO5. The summed E-state index contributed by atoms with van der Waals surface area (Å²) >= 11 is 0. The lowest BCUT2D eigenvalue weighted by Crippen LogP contribution is -2.36. The molecule has 1 aromatic carbocycles. The van der Waals surface area contributed by atoms with Crippen molar-refractivity contribution in [2.75, 3.05) is 27.4 Å². The predicted molar refractivity (Wildman–Crippen MR) is 78.6 cm³/mol. The molecule has 0 aliphatic heterocycles. The highest BCUT2D eigenvalue weighted by atomic mass is 19.4. The minimum atomic E-state index is -4.53. The van der Waals surface area contributed by atoms with Crippen LogP contribution in [0.4, 0.5) is 13.2 Å². The Morgan fingerprint density at radius 2 is 1.92 bits per heavy atom. The summed E-state index contributed by atoms with van der Waals surface area (Å²) in [5.74, 6) is -0.923. The lowest BCUT2D eigenvalue weighted by molar-refractivity contribution is -0.148. The Bertz CT molecular complexity index is 614. The van der Waals surface area contributed by atoms with E-state index in [4.69, 9.17) is 9.47 Å². The van der Waals surface area contributed by atoms with Crippen LogP contribution in [0.3, 0.4) is 0 Å². The molecule has 9 heteroatoms. The number of amides is 1. The molecule has 1 amide bonds. The van der Waals surface area contributed by atoms with Crippen molar-refractivity contribution in [2.24, 2.45) is 0 Å². The minimum absolute atomic E-state index is 0.475. The summed E-state index contributed by atoms with van der Waals surface area (Å²) in [5.41, 5.74) is 0.523. The lowest BCUT2D eigenvalue weighted by Gasteiger charge is -2.08. The number of rotatable bonds is 7. The number of nitrogens with one attached hydrogen (secondary N) is 1. The van der Waals surface area contributed by atoms with Crippen LogP contribution in [0.1, 0.15) is 5.56 Å². The smallest absolute Gasteiger partial charge is 0.405 e. The van der Waals surface area contributed by atoms with E-state index in [2.05, 4.69) is 4.74 Å². The van der Waals surface area contributed by atoms with Crippen molar-refractivity contribution in [3.05, 3.63) is 29.8 Å². The van der Waals surface area contributed by atoms with E-state index in [1.165, 1.54) is 20.3 Å². The van der Waals surface area contributed by atoms with Gasteiger partial charge in [0.1, 0.15) is 18.0 Å². The van der Waals surface area contributed by atoms with Crippen molar-refractivity contribution in [1.82, 2.24) is 5.32 Å². The van der Waals surface area contributed by atoms with Gasteiger partial charge in [0.05, 0.1) is 14.2 Å². The van der Waals surface area contributed by atoms with Crippen molar-refractivity contribution in [1.29, 1.82) is 0 Å². The van der Waals surface area contributed by atoms with Gasteiger partial charge in [0, 0.05) is 11.6 Å². The number of esters is 1. The summed E-state index contributed by atoms with van der Waals surface area (Å²) < 4.78 is 50.4. The monoisotopic (exact) mass is 347 g/mol. The molecule has 6 nitrogen and oxygen atoms in total. The van der Waals surface area contributed by atoms with Crippen LogP contribution in [0.15, 0.2) is 24.3 Å². The molecule has 0 aliphatic rings. The molecule has 1 N–H and O–H groups in total. The number of carbonyl (C=O) groups is 2. The van der Waals surface area contributed by atoms with Gasteiger partial charge in [0.2, 0.25) is 0 Å². The summed E-state index contributed by atoms with van der Waals surface area (Å²) in [4.78, 5) is 22.6. The zero-order valence-electron chi connectivity index (χ0n) is 13.0. The average molecular weight is 347 g/mol. The Labute approximate surface area is 136 Å². The quantitative estimate of drug-likeness (QED) is 0.603. The van der Waals surface area contributed by atoms with Crippen LogP contribution < -0.4 is 14.8 Å². The van der Waals surface area contributed by atoms with Crippen LogP contribution in [0, 0.1) is 0 Å². The fourth-order valence-corrected chi connectivity index (χ4v) is 1.56. The van der Waals surface area contributed by atoms with Crippen LogP contribution in [-0.2, 0) is 14.3 Å². The maximum atomic E-state index is 11.9. The third-order valence-corrected chi connectivity index (χ3v) is 2.67. The van der Waals surface area contributed by atoms with E-state index in [0.29, 0.717) is 17.1 Å². The van der Waals surface area contributed by atoms with Gasteiger partial charge in [-0.15, -0.1) is 0 Å². The number of ether oxygens (including phenoxy) is 3. The minimum Gasteiger partial charge on any atom is -0.497 e. The molecule has 0 radical (unpaired) electrons. The Hall–Kier alpha value is -2.71. The second kappa shape index (κ2) is 8.80. The van der Waals surface area contributed by atoms with Gasteiger partial charge in [0.15, 0.2) is 6.61 Å². The van der Waals surface area contributed by atoms with E-state index in [1.807, 2.05) is 0 Å². The summed E-state index contributed by atoms with van der Waals surface area (Å²) in [6.45, 7) is -2.30. The maximum Gasteiger partial charge on any atom is 0.405 e. The number of hydrogen-bond acceptors (Lipinski definition) is 5. The summed E-state index contributed by atoms with van der Waals surface area (Å²) in [5, 5.41) is 1.58. The third-order valence-electron chi connectivity index (χ3n) is 2.67. The number of carbonyl (C=O) groups excluding carboxylic acids is 2. The number of hydrogen-bond donors (Lipinski definition) is 1. The van der Waals surface area contributed by atoms with E-state index in [1.54, 1.807) is 23.5 Å². The van der Waals surface area contributed by atoms with E-state index in [-0.39, 0.29) is 0 Å². The molecule has 0 aliphatic carbocycles. The average Bonchev–Trinajstić information content (AvgIpc) is 2.55. The standard InChI is InChI=1S/C15H16F3NO5/c1-22-11-4-5-12(23-2)10(7-11)3-6-14(21)24-8-13(20)19-9-15(16,17)18/h3-7H,8-9H2,1-2H3,(H,19,20)/b6-3+. The molecule has 0 aromatic heterocycles. The molecule has 0 bridgehead atoms. The molecule has 0 saturated heterocycles. The summed E-state index contributed by atoms with van der Waals surface area (Å²) in [7, 11) is 2.92. The van der Waals surface area contributed by atoms with E-state index in [9.17, 15) is 22.8 Å². The first-order valence-electron chi connectivity index (χ1n) is 6.65. The normalized spacial score (nSPS) is 11.2. The first-order chi connectivity index (χ1) is 11.2. The SMILES string of the molecule is COc1ccc(OC)c(/C=C/C(=O)OCC(=O)NCC(F)(F)F)c1. The number of halogens is 3. The van der Waals surface area contributed by atoms with Gasteiger partial charge >= 0.3 is 12.1 Å². The Balaban J connectivity index is 2.56. The molecular weight excluding hydrogens is 331 g/mol. The zero-order valence-corrected chi connectivity index (χ0v) is 13.0. The second-order valence-electron chi connectivity index (χ2n) is 4.44. The molecule has 0 spiro atoms. The van der Waals surface area contributed by atoms with Crippen molar-refractivity contribution >= 4 is 18.0 Å². The fourth-order valence-electron chi connectivity index (χ4n) is 1.56. The fraction of sp³-hybridized carbons (Fsp3) is 0.333. The first kappa shape index (κ1) is 19.3. The molecule has 1 aromatic rings. The summed E-state index contributed by atoms with van der Waals surface area (Å²) in [6.07, 6.45) is -2.13. The van der Waals surface area contributed by atoms with Gasteiger partial charge in [-0.25, -0.2) is 4.79 Å². The van der Waals surface area contributed by atoms with E-state index < -0.39 is 31.2 Å². The van der Waals surface area contributed by atoms with Gasteiger partial charge < -0.3 is 19.5 Å². The van der Waals surface area contributed by atoms with Crippen molar-refractivity contribution in [2.45, 2.75) is 6.18 Å². The Morgan fingerprint density at radius 3 is 2.50 bits per heavy atom. The van der Waals surface area contributed by atoms with Gasteiger partial charge in [-0.05, 0) is 24.3 Å². The second-order valence-corrected chi connectivity index (χ2v) is 4.44. The molecule has 0 unspecified atom stereocenters. The molecule has 0 atom stereocenters. The molecule has 24 heavy (non-hydrogen) atoms. The van der Waals surface area contributed by atoms with Crippen LogP contribution in [-0.4, -0.2) is 45.4 Å². The number of benzene rings is 1. The van der Waals surface area contributed by atoms with Crippen LogP contribution in [0.2, 0.25) is 0 Å². The Kier molecular flexibility index (Phi) is 7.09. The lowest BCUT2D eigenvalue weighted by atomic mass is 10.1. The molecule has 132 valence electrons. The highest BCUT2D eigenvalue weighted by Gasteiger charge is 2.27. The molecule has 0 heterocycles. The number of methoxy groups -OCH3 is 2. The molecule has 0 saturated carbocycles. The van der Waals surface area contributed by atoms with Crippen molar-refractivity contribution < 1.29 is 37.0 Å². The van der Waals surface area contributed by atoms with Gasteiger partial charge in [0.25, 0.3) is 5.91 Å². The highest BCUT2D eigenvalue weighted by molar-refractivity contribution is 5.89. The van der Waals surface area contributed by atoms with Crippen molar-refractivity contribution in [3.63, 3.8) is 0 Å². The Morgan fingerprint density at radius 1 is 1.21 bits per heavy atom. The van der Waals surface area contributed by atoms with Crippen LogP contribution >= 0.6 is 0 Å². The zero-order chi connectivity index (χ0) is 18.2. The van der Waals surface area contributed by atoms with Crippen molar-refractivity contribution in [3.8, 4) is 11.5 Å². The first-order valence-corrected chi connectivity index (χ1v) is 6.65. The van der Waals surface area contributed by atoms with Gasteiger partial charge in [-0.3, -0.25) is 4.79 Å². The predicted octanol–water partition coefficient (Wildman–Crippen LogP) is 1.94. The maximum absolute atomic E-state index is 11.9. The molecule has 0 fully saturated rings. The van der Waals surface area contributed by atoms with Crippen LogP contribution in [0.5, 0.6) is 11.5 Å². The molecule has 1 rings (SSSR count). The van der Waals surface area contributed by atoms with Gasteiger partial charge in [-0.1, -0.05) is 0 Å².